The highest BCUT2D eigenvalue weighted by Crippen LogP contribution is 2.40. The lowest BCUT2D eigenvalue weighted by Crippen LogP contribution is -2.18. The zero-order chi connectivity index (χ0) is 22.2. The highest BCUT2D eigenvalue weighted by molar-refractivity contribution is 8.04. The Balaban J connectivity index is 1.62. The van der Waals surface area contributed by atoms with Crippen molar-refractivity contribution < 1.29 is 22.0 Å². The normalized spacial score (nSPS) is 14.9. The summed E-state index contributed by atoms with van der Waals surface area (Å²) in [6.07, 6.45) is 1.76. The molecule has 3 aromatic carbocycles. The maximum Gasteiger partial charge on any atom is 0.262 e. The van der Waals surface area contributed by atoms with E-state index in [0.717, 1.165) is 23.3 Å². The van der Waals surface area contributed by atoms with E-state index >= 15 is 0 Å². The molecule has 0 saturated heterocycles. The van der Waals surface area contributed by atoms with E-state index in [-0.39, 0.29) is 10.8 Å². The van der Waals surface area contributed by atoms with Gasteiger partial charge < -0.3 is 5.32 Å². The van der Waals surface area contributed by atoms with Gasteiger partial charge in [-0.15, -0.1) is 0 Å². The molecule has 0 atom stereocenters. The first-order valence-corrected chi connectivity index (χ1v) is 11.8. The molecule has 0 spiro atoms. The number of halogens is 2. The third-order valence-corrected chi connectivity index (χ3v) is 7.51. The quantitative estimate of drug-likeness (QED) is 0.538. The number of fused-ring (bicyclic) bond motifs is 1. The number of nitrogens with one attached hydrogen (secondary N) is 1. The first-order chi connectivity index (χ1) is 14.7. The van der Waals surface area contributed by atoms with Crippen LogP contribution in [0.1, 0.15) is 16.7 Å². The Kier molecular flexibility index (Phi) is 5.68. The summed E-state index contributed by atoms with van der Waals surface area (Å²) in [6.45, 7) is 1.97. The number of rotatable bonds is 4. The molecular formula is C23H17F2NO3S2. The molecule has 0 unspecified atom stereocenters. The fraction of sp³-hybridized carbons (Fsp3) is 0.0870. The summed E-state index contributed by atoms with van der Waals surface area (Å²) in [4.78, 5) is 13.5. The molecular weight excluding hydrogens is 440 g/mol. The molecule has 1 aliphatic rings. The molecule has 0 fully saturated rings. The fourth-order valence-corrected chi connectivity index (χ4v) is 5.42. The molecule has 8 heteroatoms. The Morgan fingerprint density at radius 2 is 1.68 bits per heavy atom. The average Bonchev–Trinajstić information content (AvgIpc) is 2.72. The summed E-state index contributed by atoms with van der Waals surface area (Å²) in [5, 5.41) is 2.70. The predicted molar refractivity (Wildman–Crippen MR) is 117 cm³/mol. The average molecular weight is 458 g/mol. The SMILES string of the molecule is Cc1ccc(C=C2Sc3ccc(S(=O)(=O)Cc4c(F)cccc4F)cc3NC2=O)cc1. The standard InChI is InChI=1S/C23H17F2NO3S2/c1-14-5-7-15(8-6-14)11-22-23(27)26-20-12-16(9-10-21(20)30-22)31(28,29)13-17-18(24)3-2-4-19(17)25/h2-12H,13H2,1H3,(H,26,27). The minimum absolute atomic E-state index is 0.124. The van der Waals surface area contributed by atoms with Crippen molar-refractivity contribution in [3.05, 3.63) is 93.9 Å². The molecule has 4 rings (SSSR count). The van der Waals surface area contributed by atoms with Crippen LogP contribution in [0.4, 0.5) is 14.5 Å². The predicted octanol–water partition coefficient (Wildman–Crippen LogP) is 5.33. The van der Waals surface area contributed by atoms with Crippen LogP contribution in [0.2, 0.25) is 0 Å². The van der Waals surface area contributed by atoms with Crippen molar-refractivity contribution >= 4 is 39.3 Å². The molecule has 0 aliphatic carbocycles. The Morgan fingerprint density at radius 3 is 2.35 bits per heavy atom. The topological polar surface area (TPSA) is 63.2 Å². The van der Waals surface area contributed by atoms with Crippen LogP contribution in [-0.2, 0) is 20.4 Å². The Labute approximate surface area is 182 Å². The summed E-state index contributed by atoms with van der Waals surface area (Å²) >= 11 is 1.23. The molecule has 0 saturated carbocycles. The summed E-state index contributed by atoms with van der Waals surface area (Å²) < 4.78 is 53.3. The molecule has 31 heavy (non-hydrogen) atoms. The number of hydrogen-bond acceptors (Lipinski definition) is 4. The molecule has 4 nitrogen and oxygen atoms in total. The number of amides is 1. The van der Waals surface area contributed by atoms with Crippen molar-refractivity contribution in [3.63, 3.8) is 0 Å². The second-order valence-corrected chi connectivity index (χ2v) is 10.2. The minimum Gasteiger partial charge on any atom is -0.320 e. The highest BCUT2D eigenvalue weighted by Gasteiger charge is 2.25. The molecule has 0 aromatic heterocycles. The number of thioether (sulfide) groups is 1. The van der Waals surface area contributed by atoms with Gasteiger partial charge in [-0.25, -0.2) is 17.2 Å². The van der Waals surface area contributed by atoms with Crippen LogP contribution in [0, 0.1) is 18.6 Å². The Morgan fingerprint density at radius 1 is 1.00 bits per heavy atom. The lowest BCUT2D eigenvalue weighted by Gasteiger charge is -2.19. The molecule has 0 radical (unpaired) electrons. The molecule has 1 aliphatic heterocycles. The van der Waals surface area contributed by atoms with Crippen LogP contribution in [0.25, 0.3) is 6.08 Å². The van der Waals surface area contributed by atoms with E-state index < -0.39 is 32.8 Å². The van der Waals surface area contributed by atoms with Crippen molar-refractivity contribution in [2.45, 2.75) is 22.5 Å². The van der Waals surface area contributed by atoms with E-state index in [4.69, 9.17) is 0 Å². The second kappa shape index (κ2) is 8.28. The number of aryl methyl sites for hydroxylation is 1. The van der Waals surface area contributed by atoms with Crippen LogP contribution in [-0.4, -0.2) is 14.3 Å². The first-order valence-electron chi connectivity index (χ1n) is 9.30. The fourth-order valence-electron chi connectivity index (χ4n) is 3.09. The van der Waals surface area contributed by atoms with E-state index in [0.29, 0.717) is 15.5 Å². The smallest absolute Gasteiger partial charge is 0.262 e. The maximum atomic E-state index is 13.9. The number of anilines is 1. The molecule has 1 heterocycles. The number of sulfone groups is 1. The molecule has 1 N–H and O–H groups in total. The third kappa shape index (κ3) is 4.55. The van der Waals surface area contributed by atoms with E-state index in [1.165, 1.54) is 30.0 Å². The van der Waals surface area contributed by atoms with Gasteiger partial charge in [-0.2, -0.15) is 0 Å². The van der Waals surface area contributed by atoms with Gasteiger partial charge in [0.15, 0.2) is 9.84 Å². The Bertz CT molecular complexity index is 1300. The monoisotopic (exact) mass is 457 g/mol. The summed E-state index contributed by atoms with van der Waals surface area (Å²) in [5.41, 5.74) is 1.81. The van der Waals surface area contributed by atoms with Crippen molar-refractivity contribution in [1.82, 2.24) is 0 Å². The van der Waals surface area contributed by atoms with Crippen molar-refractivity contribution in [2.75, 3.05) is 5.32 Å². The molecule has 1 amide bonds. The number of carbonyl (C=O) groups excluding carboxylic acids is 1. The van der Waals surface area contributed by atoms with E-state index in [1.807, 2.05) is 31.2 Å². The van der Waals surface area contributed by atoms with Crippen LogP contribution in [0.3, 0.4) is 0 Å². The van der Waals surface area contributed by atoms with Gasteiger partial charge in [0.2, 0.25) is 0 Å². The van der Waals surface area contributed by atoms with Gasteiger partial charge in [-0.1, -0.05) is 47.7 Å². The van der Waals surface area contributed by atoms with Gasteiger partial charge in [0.25, 0.3) is 5.91 Å². The highest BCUT2D eigenvalue weighted by atomic mass is 32.2. The minimum atomic E-state index is -4.03. The number of benzene rings is 3. The molecule has 158 valence electrons. The van der Waals surface area contributed by atoms with Gasteiger partial charge >= 0.3 is 0 Å². The van der Waals surface area contributed by atoms with Crippen molar-refractivity contribution in [2.24, 2.45) is 0 Å². The largest absolute Gasteiger partial charge is 0.320 e. The zero-order valence-corrected chi connectivity index (χ0v) is 18.0. The molecule has 3 aromatic rings. The van der Waals surface area contributed by atoms with Crippen LogP contribution < -0.4 is 5.32 Å². The van der Waals surface area contributed by atoms with Gasteiger partial charge in [-0.3, -0.25) is 4.79 Å². The molecule has 0 bridgehead atoms. The van der Waals surface area contributed by atoms with Crippen molar-refractivity contribution in [3.8, 4) is 0 Å². The van der Waals surface area contributed by atoms with Crippen LogP contribution in [0.5, 0.6) is 0 Å². The Hall–Kier alpha value is -2.97. The lowest BCUT2D eigenvalue weighted by atomic mass is 10.1. The summed E-state index contributed by atoms with van der Waals surface area (Å²) in [6, 6.07) is 15.2. The number of hydrogen-bond donors (Lipinski definition) is 1. The lowest BCUT2D eigenvalue weighted by molar-refractivity contribution is -0.112. The van der Waals surface area contributed by atoms with E-state index in [2.05, 4.69) is 5.32 Å². The second-order valence-electron chi connectivity index (χ2n) is 7.09. The van der Waals surface area contributed by atoms with Crippen LogP contribution in [0.15, 0.2) is 75.4 Å². The summed E-state index contributed by atoms with van der Waals surface area (Å²) in [5.74, 6) is -3.01. The maximum absolute atomic E-state index is 13.9. The van der Waals surface area contributed by atoms with E-state index in [9.17, 15) is 22.0 Å². The van der Waals surface area contributed by atoms with Gasteiger partial charge in [-0.05, 0) is 48.9 Å². The summed E-state index contributed by atoms with van der Waals surface area (Å²) in [7, 11) is -4.03. The zero-order valence-electron chi connectivity index (χ0n) is 16.4. The van der Waals surface area contributed by atoms with Crippen LogP contribution >= 0.6 is 11.8 Å². The number of carbonyl (C=O) groups is 1. The first kappa shape index (κ1) is 21.3. The van der Waals surface area contributed by atoms with Crippen molar-refractivity contribution in [1.29, 1.82) is 0 Å². The van der Waals surface area contributed by atoms with Gasteiger partial charge in [0, 0.05) is 10.5 Å². The van der Waals surface area contributed by atoms with E-state index in [1.54, 1.807) is 12.1 Å². The van der Waals surface area contributed by atoms with Gasteiger partial charge in [0.1, 0.15) is 11.6 Å². The third-order valence-electron chi connectivity index (χ3n) is 4.77. The van der Waals surface area contributed by atoms with Gasteiger partial charge in [0.05, 0.1) is 21.2 Å².